The summed E-state index contributed by atoms with van der Waals surface area (Å²) in [6.45, 7) is 0.433. The Morgan fingerprint density at radius 3 is 2.46 bits per heavy atom. The minimum absolute atomic E-state index is 0.153. The molecule has 2 heterocycles. The van der Waals surface area contributed by atoms with Crippen LogP contribution in [-0.4, -0.2) is 67.3 Å². The van der Waals surface area contributed by atoms with Gasteiger partial charge >= 0.3 is 0 Å². The maximum Gasteiger partial charge on any atom is 0.264 e. The van der Waals surface area contributed by atoms with Crippen molar-refractivity contribution >= 4 is 29.1 Å². The number of thiophene rings is 1. The van der Waals surface area contributed by atoms with Gasteiger partial charge in [-0.3, -0.25) is 19.5 Å². The molecule has 0 aliphatic rings. The molecule has 192 valence electrons. The molecule has 0 radical (unpaired) electrons. The van der Waals surface area contributed by atoms with Crippen LogP contribution in [-0.2, 0) is 9.53 Å². The molecule has 0 unspecified atom stereocenters. The summed E-state index contributed by atoms with van der Waals surface area (Å²) in [6.07, 6.45) is 1.84. The quantitative estimate of drug-likeness (QED) is 0.316. The normalized spacial score (nSPS) is 10.7. The van der Waals surface area contributed by atoms with Gasteiger partial charge in [0.2, 0.25) is 11.9 Å². The average Bonchev–Trinajstić information content (AvgIpc) is 3.61. The number of benzene rings is 2. The summed E-state index contributed by atoms with van der Waals surface area (Å²) in [5.74, 6) is 0.829. The average molecular weight is 521 g/mol. The van der Waals surface area contributed by atoms with E-state index in [1.165, 1.54) is 16.2 Å². The Morgan fingerprint density at radius 1 is 1.00 bits per heavy atom. The Balaban J connectivity index is 1.64. The van der Waals surface area contributed by atoms with Gasteiger partial charge in [0.15, 0.2) is 11.5 Å². The molecule has 0 bridgehead atoms. The number of anilines is 1. The number of imidazole rings is 1. The van der Waals surface area contributed by atoms with Crippen LogP contribution >= 0.6 is 11.3 Å². The van der Waals surface area contributed by atoms with Gasteiger partial charge in [0.05, 0.1) is 37.1 Å². The van der Waals surface area contributed by atoms with Crippen molar-refractivity contribution in [1.82, 2.24) is 14.5 Å². The molecule has 0 saturated heterocycles. The number of rotatable bonds is 11. The zero-order valence-corrected chi connectivity index (χ0v) is 21.7. The number of ether oxygens (including phenoxy) is 3. The van der Waals surface area contributed by atoms with Crippen molar-refractivity contribution in [3.8, 4) is 28.4 Å². The van der Waals surface area contributed by atoms with Gasteiger partial charge in [-0.2, -0.15) is 0 Å². The molecule has 2 aromatic heterocycles. The second kappa shape index (κ2) is 12.2. The molecule has 4 aromatic rings. The smallest absolute Gasteiger partial charge is 0.264 e. The van der Waals surface area contributed by atoms with Crippen molar-refractivity contribution in [1.29, 1.82) is 0 Å². The molecule has 0 aliphatic carbocycles. The lowest BCUT2D eigenvalue weighted by atomic mass is 10.2. The summed E-state index contributed by atoms with van der Waals surface area (Å²) >= 11 is 1.33. The van der Waals surface area contributed by atoms with Gasteiger partial charge in [-0.05, 0) is 23.6 Å². The number of hydrogen-bond donors (Lipinski definition) is 1. The van der Waals surface area contributed by atoms with E-state index in [1.54, 1.807) is 50.2 Å². The molecule has 9 nitrogen and oxygen atoms in total. The molecule has 2 amide bonds. The van der Waals surface area contributed by atoms with Crippen LogP contribution in [0, 0.1) is 0 Å². The molecule has 2 aromatic carbocycles. The summed E-state index contributed by atoms with van der Waals surface area (Å²) in [6, 6.07) is 18.6. The highest BCUT2D eigenvalue weighted by molar-refractivity contribution is 7.12. The van der Waals surface area contributed by atoms with Crippen LogP contribution in [0.15, 0.2) is 72.2 Å². The van der Waals surface area contributed by atoms with Crippen LogP contribution in [0.1, 0.15) is 9.67 Å². The summed E-state index contributed by atoms with van der Waals surface area (Å²) in [5.41, 5.74) is 2.29. The summed E-state index contributed by atoms with van der Waals surface area (Å²) in [5, 5.41) is 4.71. The first-order valence-electron chi connectivity index (χ1n) is 11.5. The third-order valence-corrected chi connectivity index (χ3v) is 6.45. The third-order valence-electron chi connectivity index (χ3n) is 5.59. The Morgan fingerprint density at radius 2 is 1.78 bits per heavy atom. The third kappa shape index (κ3) is 6.16. The van der Waals surface area contributed by atoms with Crippen LogP contribution in [0.2, 0.25) is 0 Å². The summed E-state index contributed by atoms with van der Waals surface area (Å²) in [4.78, 5) is 32.8. The molecule has 0 saturated carbocycles. The standard InChI is InChI=1S/C27H28N4O5S/c1-34-14-13-30(26(33)24-10-7-15-37-24)18-25(32)29-27-28-21(19-8-5-4-6-9-19)17-31(27)20-11-12-22(35-2)23(16-20)36-3/h4-12,15-17H,13-14,18H2,1-3H3,(H,28,29,32). The number of carbonyl (C=O) groups excluding carboxylic acids is 2. The lowest BCUT2D eigenvalue weighted by molar-refractivity contribution is -0.117. The number of methoxy groups -OCH3 is 3. The van der Waals surface area contributed by atoms with E-state index >= 15 is 0 Å². The predicted octanol–water partition coefficient (Wildman–Crippen LogP) is 4.35. The van der Waals surface area contributed by atoms with Gasteiger partial charge in [-0.25, -0.2) is 4.98 Å². The molecule has 0 aliphatic heterocycles. The Labute approximate surface area is 219 Å². The zero-order valence-electron chi connectivity index (χ0n) is 20.8. The van der Waals surface area contributed by atoms with Gasteiger partial charge in [0.25, 0.3) is 5.91 Å². The first kappa shape index (κ1) is 25.9. The molecule has 10 heteroatoms. The zero-order chi connectivity index (χ0) is 26.2. The molecular formula is C27H28N4O5S. The second-order valence-corrected chi connectivity index (χ2v) is 8.92. The minimum atomic E-state index is -0.382. The van der Waals surface area contributed by atoms with Gasteiger partial charge < -0.3 is 19.1 Å². The van der Waals surface area contributed by atoms with Gasteiger partial charge in [0, 0.05) is 31.5 Å². The van der Waals surface area contributed by atoms with Crippen molar-refractivity contribution in [3.63, 3.8) is 0 Å². The predicted molar refractivity (Wildman–Crippen MR) is 143 cm³/mol. The first-order chi connectivity index (χ1) is 18.0. The van der Waals surface area contributed by atoms with E-state index in [0.717, 1.165) is 5.56 Å². The number of hydrogen-bond acceptors (Lipinski definition) is 7. The van der Waals surface area contributed by atoms with Crippen LogP contribution < -0.4 is 14.8 Å². The highest BCUT2D eigenvalue weighted by Crippen LogP contribution is 2.31. The van der Waals surface area contributed by atoms with Crippen molar-refractivity contribution in [2.45, 2.75) is 0 Å². The number of amides is 2. The van der Waals surface area contributed by atoms with Crippen molar-refractivity contribution in [3.05, 3.63) is 77.1 Å². The highest BCUT2D eigenvalue weighted by atomic mass is 32.1. The van der Waals surface area contributed by atoms with Crippen molar-refractivity contribution in [2.24, 2.45) is 0 Å². The van der Waals surface area contributed by atoms with Gasteiger partial charge in [-0.15, -0.1) is 11.3 Å². The van der Waals surface area contributed by atoms with E-state index < -0.39 is 0 Å². The van der Waals surface area contributed by atoms with Crippen LogP contribution in [0.25, 0.3) is 16.9 Å². The first-order valence-corrected chi connectivity index (χ1v) is 12.4. The topological polar surface area (TPSA) is 94.9 Å². The van der Waals surface area contributed by atoms with E-state index in [0.29, 0.717) is 40.3 Å². The molecule has 0 atom stereocenters. The SMILES string of the molecule is COCCN(CC(=O)Nc1nc(-c2ccccc2)cn1-c1ccc(OC)c(OC)c1)C(=O)c1cccs1. The van der Waals surface area contributed by atoms with Gasteiger partial charge in [0.1, 0.15) is 6.54 Å². The molecule has 1 N–H and O–H groups in total. The number of aromatic nitrogens is 2. The lowest BCUT2D eigenvalue weighted by Crippen LogP contribution is -2.40. The highest BCUT2D eigenvalue weighted by Gasteiger charge is 2.22. The Hall–Kier alpha value is -4.15. The molecule has 4 rings (SSSR count). The van der Waals surface area contributed by atoms with E-state index in [1.807, 2.05) is 48.0 Å². The fourth-order valence-corrected chi connectivity index (χ4v) is 4.43. The molecule has 37 heavy (non-hydrogen) atoms. The van der Waals surface area contributed by atoms with E-state index in [2.05, 4.69) is 5.32 Å². The summed E-state index contributed by atoms with van der Waals surface area (Å²) in [7, 11) is 4.69. The minimum Gasteiger partial charge on any atom is -0.493 e. The number of nitrogens with one attached hydrogen (secondary N) is 1. The second-order valence-electron chi connectivity index (χ2n) is 7.97. The number of nitrogens with zero attached hydrogens (tertiary/aromatic N) is 3. The fourth-order valence-electron chi connectivity index (χ4n) is 3.74. The molecule has 0 spiro atoms. The van der Waals surface area contributed by atoms with Crippen LogP contribution in [0.4, 0.5) is 5.95 Å². The van der Waals surface area contributed by atoms with Gasteiger partial charge in [-0.1, -0.05) is 36.4 Å². The van der Waals surface area contributed by atoms with Crippen LogP contribution in [0.3, 0.4) is 0 Å². The lowest BCUT2D eigenvalue weighted by Gasteiger charge is -2.21. The summed E-state index contributed by atoms with van der Waals surface area (Å²) < 4.78 is 17.7. The van der Waals surface area contributed by atoms with Crippen LogP contribution in [0.5, 0.6) is 11.5 Å². The monoisotopic (exact) mass is 520 g/mol. The van der Waals surface area contributed by atoms with E-state index in [9.17, 15) is 9.59 Å². The fraction of sp³-hybridized carbons (Fsp3) is 0.222. The molecule has 0 fully saturated rings. The number of carbonyl (C=O) groups is 2. The molecular weight excluding hydrogens is 492 g/mol. The maximum atomic E-state index is 13.2. The Kier molecular flexibility index (Phi) is 8.55. The maximum absolute atomic E-state index is 13.2. The van der Waals surface area contributed by atoms with E-state index in [4.69, 9.17) is 19.2 Å². The van der Waals surface area contributed by atoms with Crippen molar-refractivity contribution < 1.29 is 23.8 Å². The van der Waals surface area contributed by atoms with E-state index in [-0.39, 0.29) is 24.9 Å². The largest absolute Gasteiger partial charge is 0.493 e. The Bertz CT molecular complexity index is 1340. The van der Waals surface area contributed by atoms with Crippen molar-refractivity contribution in [2.75, 3.05) is 46.3 Å².